The largest absolute Gasteiger partial charge is 0.465 e. The van der Waals surface area contributed by atoms with E-state index >= 15 is 0 Å². The van der Waals surface area contributed by atoms with E-state index in [9.17, 15) is 9.59 Å². The highest BCUT2D eigenvalue weighted by Crippen LogP contribution is 2.41. The second-order valence-electron chi connectivity index (χ2n) is 8.02. The summed E-state index contributed by atoms with van der Waals surface area (Å²) in [6, 6.07) is 9.39. The Kier molecular flexibility index (Phi) is 8.88. The standard InChI is InChI=1S/C24H26Cl2N4O3S/c1-14(2)22-20(11-28-21(31)12-29-24(32)33)15(3)30(13-16-4-6-27-7-5-16)23(22)34-19-9-17(25)8-18(26)10-19/h4-10,14,29H,11-13H2,1-3H3,(H,28,31)(H,32,33). The number of benzene rings is 1. The molecule has 0 aliphatic heterocycles. The molecule has 3 N–H and O–H groups in total. The van der Waals surface area contributed by atoms with Crippen molar-refractivity contribution in [1.29, 1.82) is 0 Å². The molecule has 180 valence electrons. The normalized spacial score (nSPS) is 11.0. The van der Waals surface area contributed by atoms with Crippen molar-refractivity contribution in [2.24, 2.45) is 0 Å². The van der Waals surface area contributed by atoms with Crippen molar-refractivity contribution in [3.05, 3.63) is 75.2 Å². The Morgan fingerprint density at radius 1 is 1.12 bits per heavy atom. The lowest BCUT2D eigenvalue weighted by molar-refractivity contribution is -0.120. The fraction of sp³-hybridized carbons (Fsp3) is 0.292. The molecule has 1 aromatic carbocycles. The Labute approximate surface area is 212 Å². The Balaban J connectivity index is 2.03. The van der Waals surface area contributed by atoms with Crippen LogP contribution in [0.15, 0.2) is 52.6 Å². The molecule has 34 heavy (non-hydrogen) atoms. The fourth-order valence-corrected chi connectivity index (χ4v) is 5.71. The van der Waals surface area contributed by atoms with Gasteiger partial charge in [0.2, 0.25) is 5.91 Å². The molecule has 3 aromatic rings. The van der Waals surface area contributed by atoms with Crippen LogP contribution in [-0.4, -0.2) is 33.2 Å². The maximum Gasteiger partial charge on any atom is 0.405 e. The monoisotopic (exact) mass is 520 g/mol. The summed E-state index contributed by atoms with van der Waals surface area (Å²) in [7, 11) is 0. The van der Waals surface area contributed by atoms with Gasteiger partial charge in [0.25, 0.3) is 0 Å². The second-order valence-corrected chi connectivity index (χ2v) is 9.96. The predicted molar refractivity (Wildman–Crippen MR) is 135 cm³/mol. The van der Waals surface area contributed by atoms with Gasteiger partial charge in [-0.1, -0.05) is 48.8 Å². The molecule has 0 spiro atoms. The number of hydrogen-bond acceptors (Lipinski definition) is 4. The number of aromatic nitrogens is 2. The van der Waals surface area contributed by atoms with Crippen molar-refractivity contribution in [3.63, 3.8) is 0 Å². The number of carboxylic acid groups (broad SMARTS) is 1. The SMILES string of the molecule is Cc1c(CNC(=O)CNC(=O)O)c(C(C)C)c(Sc2cc(Cl)cc(Cl)c2)n1Cc1ccncc1. The molecule has 0 radical (unpaired) electrons. The lowest BCUT2D eigenvalue weighted by Gasteiger charge is -2.15. The molecule has 0 saturated heterocycles. The van der Waals surface area contributed by atoms with Gasteiger partial charge in [0.15, 0.2) is 0 Å². The molecule has 7 nitrogen and oxygen atoms in total. The summed E-state index contributed by atoms with van der Waals surface area (Å²) in [6.45, 7) is 6.85. The van der Waals surface area contributed by atoms with Crippen LogP contribution >= 0.6 is 35.0 Å². The third kappa shape index (κ3) is 6.68. The Hall–Kier alpha value is -2.68. The van der Waals surface area contributed by atoms with Gasteiger partial charge in [-0.05, 0) is 59.9 Å². The zero-order valence-corrected chi connectivity index (χ0v) is 21.4. The molecule has 0 atom stereocenters. The van der Waals surface area contributed by atoms with Gasteiger partial charge in [-0.15, -0.1) is 0 Å². The van der Waals surface area contributed by atoms with Crippen LogP contribution in [0, 0.1) is 6.92 Å². The lowest BCUT2D eigenvalue weighted by Crippen LogP contribution is -2.36. The van der Waals surface area contributed by atoms with Gasteiger partial charge in [-0.3, -0.25) is 9.78 Å². The van der Waals surface area contributed by atoms with Crippen LogP contribution in [0.5, 0.6) is 0 Å². The second kappa shape index (κ2) is 11.6. The van der Waals surface area contributed by atoms with E-state index in [0.717, 1.165) is 32.3 Å². The molecular formula is C24H26Cl2N4O3S. The minimum atomic E-state index is -1.24. The van der Waals surface area contributed by atoms with Gasteiger partial charge in [0, 0.05) is 46.1 Å². The minimum absolute atomic E-state index is 0.165. The Morgan fingerprint density at radius 2 is 1.76 bits per heavy atom. The number of nitrogens with zero attached hydrogens (tertiary/aromatic N) is 2. The van der Waals surface area contributed by atoms with E-state index in [4.69, 9.17) is 28.3 Å². The van der Waals surface area contributed by atoms with E-state index in [1.165, 1.54) is 0 Å². The number of pyridine rings is 1. The van der Waals surface area contributed by atoms with Crippen molar-refractivity contribution in [1.82, 2.24) is 20.2 Å². The van der Waals surface area contributed by atoms with Crippen LogP contribution in [0.4, 0.5) is 4.79 Å². The first-order valence-electron chi connectivity index (χ1n) is 10.6. The molecular weight excluding hydrogens is 495 g/mol. The molecule has 0 aliphatic rings. The molecule has 2 aromatic heterocycles. The molecule has 0 unspecified atom stereocenters. The van der Waals surface area contributed by atoms with E-state index in [2.05, 4.69) is 34.0 Å². The van der Waals surface area contributed by atoms with Crippen LogP contribution < -0.4 is 10.6 Å². The number of hydrogen-bond donors (Lipinski definition) is 3. The van der Waals surface area contributed by atoms with E-state index in [0.29, 0.717) is 16.6 Å². The summed E-state index contributed by atoms with van der Waals surface area (Å²) in [5.41, 5.74) is 4.22. The van der Waals surface area contributed by atoms with Crippen LogP contribution in [0.3, 0.4) is 0 Å². The highest BCUT2D eigenvalue weighted by molar-refractivity contribution is 7.99. The van der Waals surface area contributed by atoms with Gasteiger partial charge in [0.05, 0.1) is 11.6 Å². The summed E-state index contributed by atoms with van der Waals surface area (Å²) in [4.78, 5) is 27.9. The third-order valence-electron chi connectivity index (χ3n) is 5.22. The molecule has 2 amide bonds. The zero-order chi connectivity index (χ0) is 24.8. The maximum atomic E-state index is 12.2. The fourth-order valence-electron chi connectivity index (χ4n) is 3.68. The number of carbonyl (C=O) groups is 2. The van der Waals surface area contributed by atoms with Crippen molar-refractivity contribution in [2.45, 2.75) is 49.7 Å². The van der Waals surface area contributed by atoms with Gasteiger partial charge < -0.3 is 20.3 Å². The topological polar surface area (TPSA) is 96.3 Å². The van der Waals surface area contributed by atoms with Crippen LogP contribution in [0.1, 0.15) is 42.1 Å². The summed E-state index contributed by atoms with van der Waals surface area (Å²) >= 11 is 14.1. The summed E-state index contributed by atoms with van der Waals surface area (Å²) in [5, 5.41) is 15.8. The van der Waals surface area contributed by atoms with Gasteiger partial charge in [0.1, 0.15) is 0 Å². The number of carbonyl (C=O) groups excluding carboxylic acids is 1. The Bertz CT molecular complexity index is 1160. The highest BCUT2D eigenvalue weighted by Gasteiger charge is 2.24. The first-order chi connectivity index (χ1) is 16.2. The average Bonchev–Trinajstić information content (AvgIpc) is 3.01. The van der Waals surface area contributed by atoms with Gasteiger partial charge in [-0.25, -0.2) is 4.79 Å². The minimum Gasteiger partial charge on any atom is -0.465 e. The molecule has 0 saturated carbocycles. The number of amides is 2. The maximum absolute atomic E-state index is 12.2. The third-order valence-corrected chi connectivity index (χ3v) is 6.76. The molecule has 0 fully saturated rings. The van der Waals surface area contributed by atoms with Crippen molar-refractivity contribution < 1.29 is 14.7 Å². The molecule has 0 aliphatic carbocycles. The van der Waals surface area contributed by atoms with Crippen LogP contribution in [0.2, 0.25) is 10.0 Å². The van der Waals surface area contributed by atoms with E-state index < -0.39 is 12.0 Å². The quantitative estimate of drug-likeness (QED) is 0.336. The first-order valence-corrected chi connectivity index (χ1v) is 12.2. The summed E-state index contributed by atoms with van der Waals surface area (Å²) < 4.78 is 2.22. The first kappa shape index (κ1) is 25.9. The van der Waals surface area contributed by atoms with Crippen molar-refractivity contribution in [3.8, 4) is 0 Å². The number of halogens is 2. The predicted octanol–water partition coefficient (Wildman–Crippen LogP) is 5.71. The molecule has 2 heterocycles. The van der Waals surface area contributed by atoms with E-state index in [1.54, 1.807) is 30.2 Å². The number of rotatable bonds is 9. The average molecular weight is 521 g/mol. The smallest absolute Gasteiger partial charge is 0.405 e. The Morgan fingerprint density at radius 3 is 2.35 bits per heavy atom. The van der Waals surface area contributed by atoms with Gasteiger partial charge in [-0.2, -0.15) is 0 Å². The lowest BCUT2D eigenvalue weighted by atomic mass is 10.0. The molecule has 10 heteroatoms. The zero-order valence-electron chi connectivity index (χ0n) is 19.1. The summed E-state index contributed by atoms with van der Waals surface area (Å²) in [6.07, 6.45) is 2.28. The molecule has 3 rings (SSSR count). The van der Waals surface area contributed by atoms with Crippen LogP contribution in [-0.2, 0) is 17.9 Å². The highest BCUT2D eigenvalue weighted by atomic mass is 35.5. The number of nitrogens with one attached hydrogen (secondary N) is 2. The summed E-state index contributed by atoms with van der Waals surface area (Å²) in [5.74, 6) is -0.229. The van der Waals surface area contributed by atoms with Crippen molar-refractivity contribution >= 4 is 47.0 Å². The van der Waals surface area contributed by atoms with Gasteiger partial charge >= 0.3 is 6.09 Å². The van der Waals surface area contributed by atoms with E-state index in [-0.39, 0.29) is 19.0 Å². The molecule has 0 bridgehead atoms. The van der Waals surface area contributed by atoms with E-state index in [1.807, 2.05) is 31.2 Å². The van der Waals surface area contributed by atoms with Crippen LogP contribution in [0.25, 0.3) is 0 Å². The van der Waals surface area contributed by atoms with Crippen molar-refractivity contribution in [2.75, 3.05) is 6.54 Å².